The molecule has 1 nitrogen and oxygen atoms in total. The largest absolute Gasteiger partial charge is 0.314 e. The van der Waals surface area contributed by atoms with Gasteiger partial charge in [0.2, 0.25) is 0 Å². The van der Waals surface area contributed by atoms with E-state index in [1.165, 1.54) is 31.6 Å². The summed E-state index contributed by atoms with van der Waals surface area (Å²) in [6.07, 6.45) is 6.40. The maximum atomic E-state index is 3.57. The van der Waals surface area contributed by atoms with Crippen LogP contribution in [0.4, 0.5) is 0 Å². The smallest absolute Gasteiger partial charge is 0.00670 e. The summed E-state index contributed by atoms with van der Waals surface area (Å²) in [7, 11) is 0. The van der Waals surface area contributed by atoms with Gasteiger partial charge in [-0.25, -0.2) is 0 Å². The van der Waals surface area contributed by atoms with E-state index in [0.717, 1.165) is 12.0 Å². The minimum atomic E-state index is 0.775. The van der Waals surface area contributed by atoms with Crippen molar-refractivity contribution in [3.8, 4) is 0 Å². The SMILES string of the molecule is CSCCCNC(C)C1CC1. The minimum Gasteiger partial charge on any atom is -0.314 e. The lowest BCUT2D eigenvalue weighted by atomic mass is 10.2. The van der Waals surface area contributed by atoms with Crippen molar-refractivity contribution in [1.29, 1.82) is 0 Å². The number of hydrogen-bond acceptors (Lipinski definition) is 2. The first-order valence-corrected chi connectivity index (χ1v) is 5.96. The lowest BCUT2D eigenvalue weighted by Crippen LogP contribution is -2.28. The van der Waals surface area contributed by atoms with Gasteiger partial charge in [-0.05, 0) is 50.7 Å². The molecule has 1 rings (SSSR count). The molecule has 1 unspecified atom stereocenters. The zero-order valence-corrected chi connectivity index (χ0v) is 8.41. The molecule has 0 heterocycles. The van der Waals surface area contributed by atoms with Crippen molar-refractivity contribution in [2.45, 2.75) is 32.2 Å². The van der Waals surface area contributed by atoms with Crippen LogP contribution in [0.3, 0.4) is 0 Å². The molecule has 0 aromatic carbocycles. The van der Waals surface area contributed by atoms with Gasteiger partial charge in [-0.15, -0.1) is 0 Å². The van der Waals surface area contributed by atoms with Crippen molar-refractivity contribution in [3.63, 3.8) is 0 Å². The van der Waals surface area contributed by atoms with Crippen molar-refractivity contribution in [3.05, 3.63) is 0 Å². The number of rotatable bonds is 6. The van der Waals surface area contributed by atoms with Crippen molar-refractivity contribution >= 4 is 11.8 Å². The highest BCUT2D eigenvalue weighted by Crippen LogP contribution is 2.32. The van der Waals surface area contributed by atoms with Gasteiger partial charge in [0, 0.05) is 6.04 Å². The van der Waals surface area contributed by atoms with Gasteiger partial charge in [0.05, 0.1) is 0 Å². The number of hydrogen-bond donors (Lipinski definition) is 1. The number of thioether (sulfide) groups is 1. The zero-order chi connectivity index (χ0) is 8.10. The highest BCUT2D eigenvalue weighted by atomic mass is 32.2. The molecule has 0 spiro atoms. The van der Waals surface area contributed by atoms with Crippen molar-refractivity contribution in [1.82, 2.24) is 5.32 Å². The molecule has 0 aromatic rings. The molecule has 0 amide bonds. The predicted molar refractivity (Wildman–Crippen MR) is 53.2 cm³/mol. The van der Waals surface area contributed by atoms with Crippen LogP contribution in [0.25, 0.3) is 0 Å². The van der Waals surface area contributed by atoms with Gasteiger partial charge >= 0.3 is 0 Å². The topological polar surface area (TPSA) is 12.0 Å². The van der Waals surface area contributed by atoms with E-state index in [1.54, 1.807) is 0 Å². The quantitative estimate of drug-likeness (QED) is 0.618. The molecule has 0 bridgehead atoms. The fraction of sp³-hybridized carbons (Fsp3) is 1.00. The molecule has 1 atom stereocenters. The lowest BCUT2D eigenvalue weighted by molar-refractivity contribution is 0.497. The molecule has 1 saturated carbocycles. The van der Waals surface area contributed by atoms with Gasteiger partial charge in [-0.1, -0.05) is 0 Å². The zero-order valence-electron chi connectivity index (χ0n) is 7.60. The Bertz CT molecular complexity index is 102. The van der Waals surface area contributed by atoms with Crippen LogP contribution >= 0.6 is 11.8 Å². The Balaban J connectivity index is 1.85. The first-order chi connectivity index (χ1) is 5.34. The Kier molecular flexibility index (Phi) is 4.31. The van der Waals surface area contributed by atoms with Gasteiger partial charge in [0.25, 0.3) is 0 Å². The molecule has 1 aliphatic carbocycles. The maximum absolute atomic E-state index is 3.57. The summed E-state index contributed by atoms with van der Waals surface area (Å²) < 4.78 is 0. The van der Waals surface area contributed by atoms with Crippen LogP contribution in [0.1, 0.15) is 26.2 Å². The van der Waals surface area contributed by atoms with Gasteiger partial charge in [0.1, 0.15) is 0 Å². The molecule has 0 aliphatic heterocycles. The van der Waals surface area contributed by atoms with E-state index in [9.17, 15) is 0 Å². The molecule has 0 radical (unpaired) electrons. The van der Waals surface area contributed by atoms with Crippen LogP contribution in [0.2, 0.25) is 0 Å². The van der Waals surface area contributed by atoms with E-state index in [-0.39, 0.29) is 0 Å². The Labute approximate surface area is 74.3 Å². The summed E-state index contributed by atoms with van der Waals surface area (Å²) in [5.41, 5.74) is 0. The van der Waals surface area contributed by atoms with Crippen molar-refractivity contribution in [2.75, 3.05) is 18.6 Å². The Morgan fingerprint density at radius 2 is 2.27 bits per heavy atom. The second kappa shape index (κ2) is 5.04. The van der Waals surface area contributed by atoms with E-state index in [0.29, 0.717) is 0 Å². The summed E-state index contributed by atoms with van der Waals surface area (Å²) in [6.45, 7) is 3.52. The van der Waals surface area contributed by atoms with Crippen molar-refractivity contribution in [2.24, 2.45) is 5.92 Å². The van der Waals surface area contributed by atoms with Gasteiger partial charge in [0.15, 0.2) is 0 Å². The summed E-state index contributed by atoms with van der Waals surface area (Å²) >= 11 is 1.94. The third kappa shape index (κ3) is 4.02. The maximum Gasteiger partial charge on any atom is 0.00670 e. The van der Waals surface area contributed by atoms with E-state index in [4.69, 9.17) is 0 Å². The van der Waals surface area contributed by atoms with Crippen LogP contribution in [-0.2, 0) is 0 Å². The molecule has 1 N–H and O–H groups in total. The van der Waals surface area contributed by atoms with Gasteiger partial charge in [-0.3, -0.25) is 0 Å². The molecule has 0 saturated heterocycles. The third-order valence-corrected chi connectivity index (χ3v) is 3.02. The summed E-state index contributed by atoms with van der Waals surface area (Å²) in [5, 5.41) is 3.57. The highest BCUT2D eigenvalue weighted by molar-refractivity contribution is 7.98. The Hall–Kier alpha value is 0.310. The standard InChI is InChI=1S/C9H19NS/c1-8(9-4-5-9)10-6-3-7-11-2/h8-10H,3-7H2,1-2H3. The lowest BCUT2D eigenvalue weighted by Gasteiger charge is -2.11. The average Bonchev–Trinajstić information content (AvgIpc) is 2.79. The third-order valence-electron chi connectivity index (χ3n) is 2.32. The van der Waals surface area contributed by atoms with E-state index in [2.05, 4.69) is 18.5 Å². The van der Waals surface area contributed by atoms with E-state index in [1.807, 2.05) is 11.8 Å². The van der Waals surface area contributed by atoms with Crippen LogP contribution < -0.4 is 5.32 Å². The van der Waals surface area contributed by atoms with E-state index < -0.39 is 0 Å². The summed E-state index contributed by atoms with van der Waals surface area (Å²) in [4.78, 5) is 0. The molecule has 11 heavy (non-hydrogen) atoms. The molecule has 2 heteroatoms. The van der Waals surface area contributed by atoms with Crippen LogP contribution in [0, 0.1) is 5.92 Å². The first kappa shape index (κ1) is 9.40. The fourth-order valence-corrected chi connectivity index (χ4v) is 1.74. The summed E-state index contributed by atoms with van der Waals surface area (Å²) in [5.74, 6) is 2.30. The predicted octanol–water partition coefficient (Wildman–Crippen LogP) is 2.13. The second-order valence-corrected chi connectivity index (χ2v) is 4.41. The molecule has 66 valence electrons. The molecule has 1 fully saturated rings. The average molecular weight is 173 g/mol. The fourth-order valence-electron chi connectivity index (χ4n) is 1.31. The minimum absolute atomic E-state index is 0.775. The monoisotopic (exact) mass is 173 g/mol. The molecule has 0 aromatic heterocycles. The Morgan fingerprint density at radius 3 is 2.82 bits per heavy atom. The van der Waals surface area contributed by atoms with Crippen LogP contribution in [-0.4, -0.2) is 24.6 Å². The summed E-state index contributed by atoms with van der Waals surface area (Å²) in [6, 6.07) is 0.775. The van der Waals surface area contributed by atoms with E-state index >= 15 is 0 Å². The van der Waals surface area contributed by atoms with Gasteiger partial charge in [-0.2, -0.15) is 11.8 Å². The number of nitrogens with one attached hydrogen (secondary N) is 1. The highest BCUT2D eigenvalue weighted by Gasteiger charge is 2.26. The van der Waals surface area contributed by atoms with Crippen LogP contribution in [0.15, 0.2) is 0 Å². The molecular formula is C9H19NS. The molecule has 1 aliphatic rings. The normalized spacial score (nSPS) is 20.2. The second-order valence-electron chi connectivity index (χ2n) is 3.43. The molecular weight excluding hydrogens is 154 g/mol. The first-order valence-electron chi connectivity index (χ1n) is 4.57. The Morgan fingerprint density at radius 1 is 1.55 bits per heavy atom. The van der Waals surface area contributed by atoms with Gasteiger partial charge < -0.3 is 5.32 Å². The van der Waals surface area contributed by atoms with Crippen LogP contribution in [0.5, 0.6) is 0 Å². The van der Waals surface area contributed by atoms with Crippen molar-refractivity contribution < 1.29 is 0 Å².